The first kappa shape index (κ1) is 25.2. The maximum absolute atomic E-state index is 13.8. The molecule has 0 radical (unpaired) electrons. The number of carboxylic acid groups (broad SMARTS) is 1. The number of hydrogen-bond acceptors (Lipinski definition) is 5. The first-order chi connectivity index (χ1) is 18.9. The quantitative estimate of drug-likeness (QED) is 0.203. The van der Waals surface area contributed by atoms with Crippen LogP contribution < -0.4 is 9.47 Å². The Morgan fingerprint density at radius 1 is 1.00 bits per heavy atom. The second kappa shape index (κ2) is 10.2. The highest BCUT2D eigenvalue weighted by molar-refractivity contribution is 6.39. The molecule has 0 unspecified atom stereocenters. The van der Waals surface area contributed by atoms with Crippen LogP contribution in [0.5, 0.6) is 17.2 Å². The van der Waals surface area contributed by atoms with Crippen molar-refractivity contribution in [2.24, 2.45) is 0 Å². The summed E-state index contributed by atoms with van der Waals surface area (Å²) in [7, 11) is 0. The Bertz CT molecular complexity index is 1710. The van der Waals surface area contributed by atoms with Gasteiger partial charge in [-0.15, -0.1) is 0 Å². The van der Waals surface area contributed by atoms with E-state index in [-0.39, 0.29) is 17.9 Å². The zero-order valence-electron chi connectivity index (χ0n) is 20.3. The van der Waals surface area contributed by atoms with Crippen molar-refractivity contribution >= 4 is 39.9 Å². The highest BCUT2D eigenvalue weighted by atomic mass is 35.5. The van der Waals surface area contributed by atoms with Crippen LogP contribution in [0.4, 0.5) is 4.39 Å². The molecule has 39 heavy (non-hydrogen) atoms. The predicted octanol–water partition coefficient (Wildman–Crippen LogP) is 8.89. The fourth-order valence-corrected chi connectivity index (χ4v) is 5.07. The van der Waals surface area contributed by atoms with Crippen LogP contribution in [0.25, 0.3) is 22.0 Å². The van der Waals surface area contributed by atoms with Crippen LogP contribution in [0.15, 0.2) is 77.3 Å². The third-order valence-electron chi connectivity index (χ3n) is 6.56. The first-order valence-electron chi connectivity index (χ1n) is 12.2. The van der Waals surface area contributed by atoms with Crippen LogP contribution in [0.1, 0.15) is 40.4 Å². The molecule has 6 rings (SSSR count). The second-order valence-corrected chi connectivity index (χ2v) is 10.0. The van der Waals surface area contributed by atoms with E-state index < -0.39 is 11.8 Å². The van der Waals surface area contributed by atoms with Gasteiger partial charge in [-0.25, -0.2) is 9.18 Å². The molecule has 1 N–H and O–H groups in total. The average Bonchev–Trinajstić information content (AvgIpc) is 3.67. The fraction of sp³-hybridized carbons (Fsp3) is 0.133. The smallest absolute Gasteiger partial charge is 0.339 e. The van der Waals surface area contributed by atoms with Crippen LogP contribution >= 0.6 is 23.2 Å². The molecule has 0 amide bonds. The molecule has 6 nitrogen and oxygen atoms in total. The summed E-state index contributed by atoms with van der Waals surface area (Å²) in [6, 6.07) is 19.4. The van der Waals surface area contributed by atoms with Gasteiger partial charge >= 0.3 is 5.97 Å². The maximum Gasteiger partial charge on any atom is 0.339 e. The molecular weight excluding hydrogens is 544 g/mol. The molecule has 1 heterocycles. The van der Waals surface area contributed by atoms with E-state index in [1.807, 2.05) is 12.1 Å². The summed E-state index contributed by atoms with van der Waals surface area (Å²) in [5, 5.41) is 16.2. The molecule has 1 saturated carbocycles. The number of aromatic carboxylic acids is 1. The number of carboxylic acids is 1. The van der Waals surface area contributed by atoms with Gasteiger partial charge in [0.25, 0.3) is 0 Å². The zero-order chi connectivity index (χ0) is 27.1. The lowest BCUT2D eigenvalue weighted by molar-refractivity contribution is 0.0694. The van der Waals surface area contributed by atoms with E-state index in [1.54, 1.807) is 42.5 Å². The highest BCUT2D eigenvalue weighted by Gasteiger charge is 2.33. The maximum atomic E-state index is 13.8. The Morgan fingerprint density at radius 2 is 1.77 bits per heavy atom. The van der Waals surface area contributed by atoms with Gasteiger partial charge in [-0.2, -0.15) is 0 Å². The Kier molecular flexibility index (Phi) is 6.62. The monoisotopic (exact) mass is 563 g/mol. The third kappa shape index (κ3) is 5.03. The number of rotatable bonds is 8. The van der Waals surface area contributed by atoms with Crippen molar-refractivity contribution in [3.63, 3.8) is 0 Å². The number of nitrogens with zero attached hydrogens (tertiary/aromatic N) is 1. The SMILES string of the molecule is O=C(O)c1ccc(F)cc1Oc1cccc2cc(OCc3c(-c4c(Cl)cccc4Cl)noc3C3CC3)ccc12. The van der Waals surface area contributed by atoms with Crippen LogP contribution in [0, 0.1) is 5.82 Å². The van der Waals surface area contributed by atoms with Crippen molar-refractivity contribution in [2.45, 2.75) is 25.4 Å². The average molecular weight is 564 g/mol. The van der Waals surface area contributed by atoms with Crippen molar-refractivity contribution in [3.05, 3.63) is 106 Å². The Hall–Kier alpha value is -4.07. The molecule has 1 fully saturated rings. The van der Waals surface area contributed by atoms with Crippen molar-refractivity contribution < 1.29 is 28.3 Å². The summed E-state index contributed by atoms with van der Waals surface area (Å²) in [5.41, 5.74) is 1.83. The van der Waals surface area contributed by atoms with Crippen LogP contribution in [0.3, 0.4) is 0 Å². The Morgan fingerprint density at radius 3 is 2.51 bits per heavy atom. The molecule has 1 aliphatic carbocycles. The lowest BCUT2D eigenvalue weighted by Crippen LogP contribution is -2.01. The molecule has 0 spiro atoms. The standard InChI is InChI=1S/C30H20Cl2FNO5/c31-23-4-2-5-24(32)27(23)28-22(29(39-34-28)16-7-8-16)15-37-19-10-12-20-17(13-19)3-1-6-25(20)38-26-14-18(33)9-11-21(26)30(35)36/h1-6,9-14,16H,7-8,15H2,(H,35,36). The number of fused-ring (bicyclic) bond motifs is 1. The topological polar surface area (TPSA) is 81.8 Å². The minimum absolute atomic E-state index is 0.0823. The Balaban J connectivity index is 1.30. The predicted molar refractivity (Wildman–Crippen MR) is 146 cm³/mol. The first-order valence-corrected chi connectivity index (χ1v) is 12.9. The van der Waals surface area contributed by atoms with E-state index in [1.165, 1.54) is 6.07 Å². The molecule has 0 aliphatic heterocycles. The van der Waals surface area contributed by atoms with Gasteiger partial charge in [-0.1, -0.05) is 46.6 Å². The van der Waals surface area contributed by atoms with Gasteiger partial charge in [-0.05, 0) is 66.8 Å². The minimum atomic E-state index is -1.21. The van der Waals surface area contributed by atoms with E-state index in [0.717, 1.165) is 41.7 Å². The molecule has 0 saturated heterocycles. The molecule has 1 aromatic heterocycles. The van der Waals surface area contributed by atoms with Gasteiger partial charge in [0.1, 0.15) is 46.7 Å². The molecule has 9 heteroatoms. The van der Waals surface area contributed by atoms with Gasteiger partial charge in [0.05, 0.1) is 15.6 Å². The van der Waals surface area contributed by atoms with Crippen molar-refractivity contribution in [1.29, 1.82) is 0 Å². The normalized spacial score (nSPS) is 13.0. The van der Waals surface area contributed by atoms with Crippen molar-refractivity contribution in [1.82, 2.24) is 5.16 Å². The number of ether oxygens (including phenoxy) is 2. The third-order valence-corrected chi connectivity index (χ3v) is 7.19. The minimum Gasteiger partial charge on any atom is -0.489 e. The molecule has 0 bridgehead atoms. The van der Waals surface area contributed by atoms with Crippen LogP contribution in [0.2, 0.25) is 10.0 Å². The molecule has 1 aliphatic rings. The molecule has 4 aromatic carbocycles. The van der Waals surface area contributed by atoms with Gasteiger partial charge in [0, 0.05) is 22.9 Å². The zero-order valence-corrected chi connectivity index (χ0v) is 21.8. The summed E-state index contributed by atoms with van der Waals surface area (Å²) >= 11 is 12.9. The molecule has 196 valence electrons. The lowest BCUT2D eigenvalue weighted by atomic mass is 10.0. The van der Waals surface area contributed by atoms with E-state index in [9.17, 15) is 14.3 Å². The summed E-state index contributed by atoms with van der Waals surface area (Å²) in [6.07, 6.45) is 2.04. The van der Waals surface area contributed by atoms with Gasteiger partial charge in [0.2, 0.25) is 0 Å². The number of hydrogen-bond donors (Lipinski definition) is 1. The second-order valence-electron chi connectivity index (χ2n) is 9.22. The summed E-state index contributed by atoms with van der Waals surface area (Å²) in [5.74, 6) is 0.165. The molecular formula is C30H20Cl2FNO5. The Labute approximate surface area is 232 Å². The van der Waals surface area contributed by atoms with Crippen LogP contribution in [-0.4, -0.2) is 16.2 Å². The number of halogens is 3. The van der Waals surface area contributed by atoms with E-state index in [2.05, 4.69) is 5.16 Å². The summed E-state index contributed by atoms with van der Waals surface area (Å²) < 4.78 is 31.6. The fourth-order valence-electron chi connectivity index (χ4n) is 4.49. The molecule has 5 aromatic rings. The molecule has 0 atom stereocenters. The van der Waals surface area contributed by atoms with Gasteiger partial charge in [0.15, 0.2) is 0 Å². The van der Waals surface area contributed by atoms with E-state index in [0.29, 0.717) is 44.1 Å². The van der Waals surface area contributed by atoms with Crippen molar-refractivity contribution in [3.8, 4) is 28.5 Å². The lowest BCUT2D eigenvalue weighted by Gasteiger charge is -2.13. The number of carbonyl (C=O) groups is 1. The van der Waals surface area contributed by atoms with E-state index >= 15 is 0 Å². The van der Waals surface area contributed by atoms with Crippen molar-refractivity contribution in [2.75, 3.05) is 0 Å². The number of aromatic nitrogens is 1. The number of benzene rings is 4. The summed E-state index contributed by atoms with van der Waals surface area (Å²) in [6.45, 7) is 0.194. The highest BCUT2D eigenvalue weighted by Crippen LogP contribution is 2.46. The van der Waals surface area contributed by atoms with Gasteiger partial charge in [-0.3, -0.25) is 0 Å². The largest absolute Gasteiger partial charge is 0.489 e. The summed E-state index contributed by atoms with van der Waals surface area (Å²) in [4.78, 5) is 11.6. The van der Waals surface area contributed by atoms with E-state index in [4.69, 9.17) is 37.2 Å². The van der Waals surface area contributed by atoms with Crippen LogP contribution in [-0.2, 0) is 6.61 Å². The van der Waals surface area contributed by atoms with Gasteiger partial charge < -0.3 is 19.1 Å².